The summed E-state index contributed by atoms with van der Waals surface area (Å²) in [6.07, 6.45) is 1.77. The van der Waals surface area contributed by atoms with Gasteiger partial charge in [0.15, 0.2) is 5.15 Å². The highest BCUT2D eigenvalue weighted by atomic mass is 35.5. The number of imidazole rings is 1. The van der Waals surface area contributed by atoms with E-state index in [0.717, 1.165) is 11.1 Å². The number of aromatic nitrogens is 2. The molecule has 100 valence electrons. The summed E-state index contributed by atoms with van der Waals surface area (Å²) in [4.78, 5) is 15.6. The molecule has 0 spiro atoms. The van der Waals surface area contributed by atoms with Crippen molar-refractivity contribution in [3.63, 3.8) is 0 Å². The van der Waals surface area contributed by atoms with Gasteiger partial charge in [0.1, 0.15) is 5.82 Å². The lowest BCUT2D eigenvalue weighted by Gasteiger charge is -2.05. The van der Waals surface area contributed by atoms with Crippen molar-refractivity contribution < 1.29 is 9.90 Å². The Morgan fingerprint density at radius 1 is 1.25 bits per heavy atom. The number of hydrogen-bond acceptors (Lipinski definition) is 2. The monoisotopic (exact) mass is 286 g/mol. The summed E-state index contributed by atoms with van der Waals surface area (Å²) in [5, 5.41) is 9.44. The second-order valence-corrected chi connectivity index (χ2v) is 4.84. The molecule has 1 aromatic carbocycles. The fraction of sp³-hybridized carbons (Fsp3) is 0.0667. The molecule has 0 atom stereocenters. The number of carbonyl (C=O) groups is 1. The molecule has 5 heteroatoms. The van der Waals surface area contributed by atoms with Crippen LogP contribution in [0.2, 0.25) is 5.15 Å². The van der Waals surface area contributed by atoms with Crippen LogP contribution in [0, 0.1) is 6.92 Å². The molecule has 2 aromatic heterocycles. The lowest BCUT2D eigenvalue weighted by Crippen LogP contribution is -2.00. The van der Waals surface area contributed by atoms with Gasteiger partial charge in [0.2, 0.25) is 0 Å². The summed E-state index contributed by atoms with van der Waals surface area (Å²) >= 11 is 6.13. The predicted molar refractivity (Wildman–Crippen MR) is 77.3 cm³/mol. The summed E-state index contributed by atoms with van der Waals surface area (Å²) in [7, 11) is 0. The summed E-state index contributed by atoms with van der Waals surface area (Å²) < 4.78 is 1.72. The number of hydrogen-bond donors (Lipinski definition) is 1. The molecule has 0 bridgehead atoms. The largest absolute Gasteiger partial charge is 0.478 e. The third-order valence-corrected chi connectivity index (χ3v) is 3.50. The van der Waals surface area contributed by atoms with E-state index >= 15 is 0 Å². The molecule has 0 fully saturated rings. The second kappa shape index (κ2) is 4.65. The van der Waals surface area contributed by atoms with Gasteiger partial charge in [0.25, 0.3) is 0 Å². The van der Waals surface area contributed by atoms with Crippen LogP contribution in [0.3, 0.4) is 0 Å². The van der Waals surface area contributed by atoms with Gasteiger partial charge in [-0.15, -0.1) is 0 Å². The van der Waals surface area contributed by atoms with Crippen molar-refractivity contribution in [2.24, 2.45) is 0 Å². The van der Waals surface area contributed by atoms with E-state index in [1.807, 2.05) is 31.2 Å². The Morgan fingerprint density at radius 3 is 2.70 bits per heavy atom. The number of carboxylic acids is 1. The number of rotatable bonds is 2. The van der Waals surface area contributed by atoms with Gasteiger partial charge in [-0.2, -0.15) is 0 Å². The normalized spacial score (nSPS) is 10.9. The SMILES string of the molecule is Cc1ccccc1-c1nc(Cl)c2c(C(=O)O)cccn12. The first-order valence-corrected chi connectivity index (χ1v) is 6.43. The molecule has 0 saturated heterocycles. The van der Waals surface area contributed by atoms with Crippen LogP contribution in [0.5, 0.6) is 0 Å². The molecule has 0 unspecified atom stereocenters. The maximum absolute atomic E-state index is 11.3. The molecule has 3 rings (SSSR count). The highest BCUT2D eigenvalue weighted by Gasteiger charge is 2.18. The molecule has 0 saturated carbocycles. The molecule has 0 aliphatic carbocycles. The first-order chi connectivity index (χ1) is 9.59. The average molecular weight is 287 g/mol. The zero-order chi connectivity index (χ0) is 14.3. The minimum atomic E-state index is -1.02. The van der Waals surface area contributed by atoms with Crippen molar-refractivity contribution in [1.29, 1.82) is 0 Å². The zero-order valence-electron chi connectivity index (χ0n) is 10.7. The first kappa shape index (κ1) is 12.7. The van der Waals surface area contributed by atoms with E-state index in [4.69, 9.17) is 11.6 Å². The topological polar surface area (TPSA) is 54.6 Å². The Labute approximate surface area is 120 Å². The maximum atomic E-state index is 11.3. The Hall–Kier alpha value is -2.33. The van der Waals surface area contributed by atoms with Gasteiger partial charge in [0.05, 0.1) is 11.1 Å². The van der Waals surface area contributed by atoms with Gasteiger partial charge < -0.3 is 5.11 Å². The van der Waals surface area contributed by atoms with Gasteiger partial charge in [-0.25, -0.2) is 9.78 Å². The number of benzene rings is 1. The van der Waals surface area contributed by atoms with Crippen LogP contribution in [0.4, 0.5) is 0 Å². The van der Waals surface area contributed by atoms with Crippen LogP contribution in [-0.4, -0.2) is 20.5 Å². The number of aromatic carboxylic acids is 1. The van der Waals surface area contributed by atoms with Crippen molar-refractivity contribution in [2.75, 3.05) is 0 Å². The Kier molecular flexibility index (Phi) is 2.95. The van der Waals surface area contributed by atoms with Crippen LogP contribution in [0.1, 0.15) is 15.9 Å². The zero-order valence-corrected chi connectivity index (χ0v) is 11.4. The van der Waals surface area contributed by atoms with E-state index in [9.17, 15) is 9.90 Å². The lowest BCUT2D eigenvalue weighted by molar-refractivity contribution is 0.0698. The Bertz CT molecular complexity index is 824. The number of carboxylic acid groups (broad SMARTS) is 1. The molecule has 20 heavy (non-hydrogen) atoms. The molecule has 0 aliphatic heterocycles. The van der Waals surface area contributed by atoms with E-state index in [2.05, 4.69) is 4.98 Å². The number of fused-ring (bicyclic) bond motifs is 1. The molecule has 0 aliphatic rings. The Morgan fingerprint density at radius 2 is 2.00 bits per heavy atom. The molecular weight excluding hydrogens is 276 g/mol. The van der Waals surface area contributed by atoms with E-state index < -0.39 is 5.97 Å². The minimum Gasteiger partial charge on any atom is -0.478 e. The van der Waals surface area contributed by atoms with Gasteiger partial charge in [-0.1, -0.05) is 35.9 Å². The van der Waals surface area contributed by atoms with Crippen LogP contribution in [0.25, 0.3) is 16.9 Å². The molecule has 3 aromatic rings. The quantitative estimate of drug-likeness (QED) is 0.782. The van der Waals surface area contributed by atoms with E-state index in [1.54, 1.807) is 16.7 Å². The first-order valence-electron chi connectivity index (χ1n) is 6.05. The minimum absolute atomic E-state index is 0.143. The molecule has 0 radical (unpaired) electrons. The molecule has 4 nitrogen and oxygen atoms in total. The van der Waals surface area contributed by atoms with Gasteiger partial charge in [0, 0.05) is 11.8 Å². The van der Waals surface area contributed by atoms with Crippen molar-refractivity contribution in [3.8, 4) is 11.4 Å². The average Bonchev–Trinajstić information content (AvgIpc) is 2.77. The Balaban J connectivity index is 2.38. The van der Waals surface area contributed by atoms with Crippen molar-refractivity contribution >= 4 is 23.1 Å². The highest BCUT2D eigenvalue weighted by molar-refractivity contribution is 6.33. The van der Waals surface area contributed by atoms with Crippen LogP contribution in [0.15, 0.2) is 42.6 Å². The van der Waals surface area contributed by atoms with Crippen LogP contribution >= 0.6 is 11.6 Å². The second-order valence-electron chi connectivity index (χ2n) is 4.49. The van der Waals surface area contributed by atoms with Crippen molar-refractivity contribution in [2.45, 2.75) is 6.92 Å². The maximum Gasteiger partial charge on any atom is 0.337 e. The lowest BCUT2D eigenvalue weighted by atomic mass is 10.1. The molecule has 0 amide bonds. The number of pyridine rings is 1. The fourth-order valence-electron chi connectivity index (χ4n) is 2.28. The van der Waals surface area contributed by atoms with Crippen LogP contribution < -0.4 is 0 Å². The van der Waals surface area contributed by atoms with Gasteiger partial charge >= 0.3 is 5.97 Å². The van der Waals surface area contributed by atoms with Crippen molar-refractivity contribution in [1.82, 2.24) is 9.38 Å². The summed E-state index contributed by atoms with van der Waals surface area (Å²) in [6.45, 7) is 1.98. The van der Waals surface area contributed by atoms with E-state index in [1.165, 1.54) is 6.07 Å². The number of halogens is 1. The summed E-state index contributed by atoms with van der Waals surface area (Å²) in [5.41, 5.74) is 2.54. The fourth-order valence-corrected chi connectivity index (χ4v) is 2.55. The van der Waals surface area contributed by atoms with Crippen molar-refractivity contribution in [3.05, 3.63) is 58.9 Å². The standard InChI is InChI=1S/C15H11ClN2O2/c1-9-5-2-3-6-10(9)14-17-13(16)12-11(15(19)20)7-4-8-18(12)14/h2-8H,1H3,(H,19,20). The van der Waals surface area contributed by atoms with Crippen LogP contribution in [-0.2, 0) is 0 Å². The number of nitrogens with zero attached hydrogens (tertiary/aromatic N) is 2. The van der Waals surface area contributed by atoms with Gasteiger partial charge in [-0.3, -0.25) is 4.40 Å². The molecular formula is C15H11ClN2O2. The molecule has 1 N–H and O–H groups in total. The summed E-state index contributed by atoms with van der Waals surface area (Å²) in [6, 6.07) is 11.0. The smallest absolute Gasteiger partial charge is 0.337 e. The number of aryl methyl sites for hydroxylation is 1. The highest BCUT2D eigenvalue weighted by Crippen LogP contribution is 2.29. The third kappa shape index (κ3) is 1.85. The predicted octanol–water partition coefficient (Wildman–Crippen LogP) is 3.66. The van der Waals surface area contributed by atoms with E-state index in [-0.39, 0.29) is 10.7 Å². The van der Waals surface area contributed by atoms with E-state index in [0.29, 0.717) is 11.3 Å². The molecule has 2 heterocycles. The summed E-state index contributed by atoms with van der Waals surface area (Å²) in [5.74, 6) is -0.375. The third-order valence-electron chi connectivity index (χ3n) is 3.24. The van der Waals surface area contributed by atoms with Gasteiger partial charge in [-0.05, 0) is 24.6 Å².